The van der Waals surface area contributed by atoms with Crippen molar-refractivity contribution in [3.63, 3.8) is 0 Å². The minimum atomic E-state index is -3.61. The summed E-state index contributed by atoms with van der Waals surface area (Å²) in [5, 5.41) is 0.414. The Morgan fingerprint density at radius 2 is 2.16 bits per heavy atom. The molecular weight excluding hydrogens is 288 g/mol. The molecule has 1 aromatic carbocycles. The van der Waals surface area contributed by atoms with Crippen LogP contribution in [0.4, 0.5) is 5.69 Å². The Morgan fingerprint density at radius 1 is 1.42 bits per heavy atom. The van der Waals surface area contributed by atoms with Gasteiger partial charge in [0.15, 0.2) is 0 Å². The molecule has 0 spiro atoms. The number of ether oxygens (including phenoxy) is 1. The number of halogens is 1. The van der Waals surface area contributed by atoms with Crippen LogP contribution in [0.15, 0.2) is 23.1 Å². The van der Waals surface area contributed by atoms with Crippen molar-refractivity contribution in [1.29, 1.82) is 0 Å². The molecule has 0 saturated heterocycles. The zero-order valence-electron chi connectivity index (χ0n) is 10.6. The maximum Gasteiger partial charge on any atom is 0.242 e. The van der Waals surface area contributed by atoms with Crippen LogP contribution < -0.4 is 10.5 Å². The van der Waals surface area contributed by atoms with Gasteiger partial charge in [0.05, 0.1) is 11.8 Å². The lowest BCUT2D eigenvalue weighted by atomic mass is 10.3. The monoisotopic (exact) mass is 304 g/mol. The van der Waals surface area contributed by atoms with Crippen molar-refractivity contribution in [1.82, 2.24) is 4.72 Å². The zero-order chi connectivity index (χ0) is 14.0. The van der Waals surface area contributed by atoms with Crippen molar-refractivity contribution in [3.05, 3.63) is 23.2 Å². The van der Waals surface area contributed by atoms with Crippen LogP contribution in [-0.4, -0.2) is 27.7 Å². The first-order valence-corrected chi connectivity index (χ1v) is 7.88. The number of hydrogen-bond donors (Lipinski definition) is 2. The Morgan fingerprint density at radius 3 is 2.74 bits per heavy atom. The van der Waals surface area contributed by atoms with Crippen LogP contribution in [0.3, 0.4) is 0 Å². The van der Waals surface area contributed by atoms with Gasteiger partial charge in [-0.2, -0.15) is 0 Å². The highest BCUT2D eigenvalue weighted by Crippen LogP contribution is 2.26. The molecule has 1 aliphatic rings. The quantitative estimate of drug-likeness (QED) is 0.831. The second kappa shape index (κ2) is 5.66. The van der Waals surface area contributed by atoms with E-state index < -0.39 is 10.0 Å². The van der Waals surface area contributed by atoms with Crippen molar-refractivity contribution in [3.8, 4) is 0 Å². The normalized spacial score (nSPS) is 23.7. The van der Waals surface area contributed by atoms with E-state index in [0.717, 1.165) is 12.8 Å². The molecule has 0 bridgehead atoms. The molecule has 1 saturated carbocycles. The lowest BCUT2D eigenvalue weighted by Gasteiger charge is -2.14. The summed E-state index contributed by atoms with van der Waals surface area (Å²) in [5.74, 6) is 0. The third kappa shape index (κ3) is 3.39. The SMILES string of the molecule is COC1CCC(NS(=O)(=O)c2ccc(Cl)cc2N)C1. The Bertz CT molecular complexity index is 562. The summed E-state index contributed by atoms with van der Waals surface area (Å²) in [5.41, 5.74) is 5.86. The summed E-state index contributed by atoms with van der Waals surface area (Å²) >= 11 is 5.76. The van der Waals surface area contributed by atoms with Gasteiger partial charge in [-0.3, -0.25) is 0 Å². The fourth-order valence-electron chi connectivity index (χ4n) is 2.31. The summed E-state index contributed by atoms with van der Waals surface area (Å²) < 4.78 is 32.4. The maximum absolute atomic E-state index is 12.2. The van der Waals surface area contributed by atoms with Gasteiger partial charge in [0, 0.05) is 18.2 Å². The number of anilines is 1. The van der Waals surface area contributed by atoms with Crippen LogP contribution in [0.5, 0.6) is 0 Å². The number of nitrogen functional groups attached to an aromatic ring is 1. The van der Waals surface area contributed by atoms with E-state index in [-0.39, 0.29) is 22.7 Å². The highest BCUT2D eigenvalue weighted by molar-refractivity contribution is 7.89. The third-order valence-electron chi connectivity index (χ3n) is 3.30. The van der Waals surface area contributed by atoms with Gasteiger partial charge in [-0.25, -0.2) is 13.1 Å². The molecular formula is C12H17ClN2O3S. The second-order valence-corrected chi connectivity index (χ2v) is 6.79. The number of benzene rings is 1. The van der Waals surface area contributed by atoms with E-state index in [1.165, 1.54) is 18.2 Å². The Kier molecular flexibility index (Phi) is 4.35. The molecule has 7 heteroatoms. The summed E-state index contributed by atoms with van der Waals surface area (Å²) in [6.45, 7) is 0. The fourth-order valence-corrected chi connectivity index (χ4v) is 3.89. The molecule has 2 unspecified atom stereocenters. The van der Waals surface area contributed by atoms with E-state index in [2.05, 4.69) is 4.72 Å². The first kappa shape index (κ1) is 14.6. The smallest absolute Gasteiger partial charge is 0.242 e. The predicted molar refractivity (Wildman–Crippen MR) is 74.6 cm³/mol. The first-order valence-electron chi connectivity index (χ1n) is 6.02. The van der Waals surface area contributed by atoms with E-state index in [1.807, 2.05) is 0 Å². The zero-order valence-corrected chi connectivity index (χ0v) is 12.2. The van der Waals surface area contributed by atoms with Gasteiger partial charge < -0.3 is 10.5 Å². The first-order chi connectivity index (χ1) is 8.92. The third-order valence-corrected chi connectivity index (χ3v) is 5.13. The molecule has 1 fully saturated rings. The van der Waals surface area contributed by atoms with E-state index >= 15 is 0 Å². The van der Waals surface area contributed by atoms with Crippen LogP contribution in [0, 0.1) is 0 Å². The molecule has 19 heavy (non-hydrogen) atoms. The number of sulfonamides is 1. The fraction of sp³-hybridized carbons (Fsp3) is 0.500. The molecule has 0 aliphatic heterocycles. The Hall–Kier alpha value is -0.820. The minimum Gasteiger partial charge on any atom is -0.398 e. The van der Waals surface area contributed by atoms with Crippen molar-refractivity contribution < 1.29 is 13.2 Å². The molecule has 106 valence electrons. The van der Waals surface area contributed by atoms with Crippen LogP contribution in [-0.2, 0) is 14.8 Å². The molecule has 0 radical (unpaired) electrons. The lowest BCUT2D eigenvalue weighted by molar-refractivity contribution is 0.107. The van der Waals surface area contributed by atoms with E-state index in [1.54, 1.807) is 7.11 Å². The molecule has 2 rings (SSSR count). The second-order valence-electron chi connectivity index (χ2n) is 4.67. The Labute approximate surface area is 118 Å². The molecule has 5 nitrogen and oxygen atoms in total. The largest absolute Gasteiger partial charge is 0.398 e. The summed E-state index contributed by atoms with van der Waals surface area (Å²) in [6, 6.07) is 4.26. The number of nitrogens with two attached hydrogens (primary N) is 1. The van der Waals surface area contributed by atoms with Crippen LogP contribution in [0.25, 0.3) is 0 Å². The number of nitrogens with one attached hydrogen (secondary N) is 1. The highest BCUT2D eigenvalue weighted by Gasteiger charge is 2.29. The molecule has 1 aliphatic carbocycles. The predicted octanol–water partition coefficient (Wildman–Crippen LogP) is 1.77. The minimum absolute atomic E-state index is 0.0674. The summed E-state index contributed by atoms with van der Waals surface area (Å²) in [7, 11) is -1.97. The summed E-state index contributed by atoms with van der Waals surface area (Å²) in [4.78, 5) is 0.0674. The Balaban J connectivity index is 2.14. The van der Waals surface area contributed by atoms with Crippen molar-refractivity contribution in [2.45, 2.75) is 36.3 Å². The summed E-state index contributed by atoms with van der Waals surface area (Å²) in [6.07, 6.45) is 2.43. The molecule has 0 heterocycles. The van der Waals surface area contributed by atoms with Crippen LogP contribution in [0.1, 0.15) is 19.3 Å². The van der Waals surface area contributed by atoms with E-state index in [4.69, 9.17) is 22.1 Å². The van der Waals surface area contributed by atoms with Gasteiger partial charge in [-0.15, -0.1) is 0 Å². The highest BCUT2D eigenvalue weighted by atomic mass is 35.5. The van der Waals surface area contributed by atoms with Crippen molar-refractivity contribution in [2.24, 2.45) is 0 Å². The number of rotatable bonds is 4. The van der Waals surface area contributed by atoms with Gasteiger partial charge in [0.1, 0.15) is 4.90 Å². The van der Waals surface area contributed by atoms with Gasteiger partial charge in [-0.1, -0.05) is 11.6 Å². The average Bonchev–Trinajstić information content (AvgIpc) is 2.75. The molecule has 0 aromatic heterocycles. The maximum atomic E-state index is 12.2. The standard InChI is InChI=1S/C12H17ClN2O3S/c1-18-10-4-3-9(7-10)15-19(16,17)12-5-2-8(13)6-11(12)14/h2,5-6,9-10,15H,3-4,7,14H2,1H3. The van der Waals surface area contributed by atoms with E-state index in [0.29, 0.717) is 11.4 Å². The molecule has 0 amide bonds. The van der Waals surface area contributed by atoms with Crippen molar-refractivity contribution in [2.75, 3.05) is 12.8 Å². The molecule has 3 N–H and O–H groups in total. The van der Waals surface area contributed by atoms with Gasteiger partial charge in [0.25, 0.3) is 0 Å². The molecule has 1 aromatic rings. The lowest BCUT2D eigenvalue weighted by Crippen LogP contribution is -2.33. The van der Waals surface area contributed by atoms with Gasteiger partial charge in [0.2, 0.25) is 10.0 Å². The van der Waals surface area contributed by atoms with Crippen molar-refractivity contribution >= 4 is 27.3 Å². The van der Waals surface area contributed by atoms with Crippen LogP contribution >= 0.6 is 11.6 Å². The van der Waals surface area contributed by atoms with Crippen LogP contribution in [0.2, 0.25) is 5.02 Å². The molecule has 2 atom stereocenters. The van der Waals surface area contributed by atoms with Gasteiger partial charge >= 0.3 is 0 Å². The number of hydrogen-bond acceptors (Lipinski definition) is 4. The average molecular weight is 305 g/mol. The van der Waals surface area contributed by atoms with E-state index in [9.17, 15) is 8.42 Å². The number of methoxy groups -OCH3 is 1. The topological polar surface area (TPSA) is 81.4 Å². The van der Waals surface area contributed by atoms with Gasteiger partial charge in [-0.05, 0) is 37.5 Å².